The van der Waals surface area contributed by atoms with Gasteiger partial charge in [0.25, 0.3) is 0 Å². The van der Waals surface area contributed by atoms with Gasteiger partial charge >= 0.3 is 0 Å². The number of rotatable bonds is 2. The second kappa shape index (κ2) is 3.72. The lowest BCUT2D eigenvalue weighted by Crippen LogP contribution is -1.91. The largest absolute Gasteiger partial charge is 0.496 e. The Morgan fingerprint density at radius 3 is 2.67 bits per heavy atom. The van der Waals surface area contributed by atoms with Gasteiger partial charge in [-0.05, 0) is 35.0 Å². The fourth-order valence-corrected chi connectivity index (χ4v) is 1.42. The van der Waals surface area contributed by atoms with Crippen molar-refractivity contribution in [2.45, 2.75) is 6.92 Å². The number of benzene rings is 1. The second-order valence-electron chi connectivity index (χ2n) is 2.41. The molecule has 64 valence electrons. The molecule has 1 rings (SSSR count). The van der Waals surface area contributed by atoms with E-state index in [9.17, 15) is 4.79 Å². The molecular weight excluding hydrogens is 220 g/mol. The molecule has 0 amide bonds. The van der Waals surface area contributed by atoms with Gasteiger partial charge in [-0.25, -0.2) is 0 Å². The van der Waals surface area contributed by atoms with E-state index < -0.39 is 0 Å². The third kappa shape index (κ3) is 1.50. The van der Waals surface area contributed by atoms with Gasteiger partial charge in [-0.2, -0.15) is 0 Å². The molecule has 0 fully saturated rings. The van der Waals surface area contributed by atoms with Gasteiger partial charge in [0.15, 0.2) is 6.29 Å². The van der Waals surface area contributed by atoms with Crippen molar-refractivity contribution >= 4 is 22.2 Å². The highest BCUT2D eigenvalue weighted by Crippen LogP contribution is 2.28. The summed E-state index contributed by atoms with van der Waals surface area (Å²) < 4.78 is 5.88. The zero-order valence-corrected chi connectivity index (χ0v) is 8.51. The first-order chi connectivity index (χ1) is 5.70. The number of hydrogen-bond acceptors (Lipinski definition) is 2. The predicted octanol–water partition coefficient (Wildman–Crippen LogP) is 2.58. The first-order valence-electron chi connectivity index (χ1n) is 3.49. The van der Waals surface area contributed by atoms with Crippen molar-refractivity contribution in [1.29, 1.82) is 0 Å². The van der Waals surface area contributed by atoms with Crippen LogP contribution in [0.2, 0.25) is 0 Å². The van der Waals surface area contributed by atoms with Crippen molar-refractivity contribution in [3.63, 3.8) is 0 Å². The van der Waals surface area contributed by atoms with E-state index in [2.05, 4.69) is 15.9 Å². The molecule has 0 bridgehead atoms. The topological polar surface area (TPSA) is 26.3 Å². The highest BCUT2D eigenvalue weighted by Gasteiger charge is 2.06. The Kier molecular flexibility index (Phi) is 2.87. The van der Waals surface area contributed by atoms with Crippen molar-refractivity contribution in [3.8, 4) is 5.75 Å². The van der Waals surface area contributed by atoms with Gasteiger partial charge in [0.05, 0.1) is 7.11 Å². The molecule has 1 aromatic carbocycles. The van der Waals surface area contributed by atoms with Crippen LogP contribution in [0.15, 0.2) is 16.6 Å². The molecule has 0 saturated heterocycles. The smallest absolute Gasteiger partial charge is 0.151 e. The standard InChI is InChI=1S/C9H9BrO2/c1-6-8(12-2)4-3-7(5-11)9(6)10/h3-5H,1-2H3. The highest BCUT2D eigenvalue weighted by atomic mass is 79.9. The van der Waals surface area contributed by atoms with Crippen molar-refractivity contribution in [3.05, 3.63) is 27.7 Å². The molecule has 0 aromatic heterocycles. The molecule has 12 heavy (non-hydrogen) atoms. The van der Waals surface area contributed by atoms with Gasteiger partial charge in [-0.3, -0.25) is 4.79 Å². The molecule has 0 aliphatic carbocycles. The normalized spacial score (nSPS) is 9.58. The van der Waals surface area contributed by atoms with Crippen LogP contribution in [0.1, 0.15) is 15.9 Å². The molecule has 0 unspecified atom stereocenters. The number of halogens is 1. The molecule has 0 atom stereocenters. The summed E-state index contributed by atoms with van der Waals surface area (Å²) in [7, 11) is 1.61. The zero-order valence-electron chi connectivity index (χ0n) is 6.93. The van der Waals surface area contributed by atoms with Crippen LogP contribution < -0.4 is 4.74 Å². The third-order valence-electron chi connectivity index (χ3n) is 1.71. The Morgan fingerprint density at radius 1 is 1.50 bits per heavy atom. The first-order valence-corrected chi connectivity index (χ1v) is 4.28. The fraction of sp³-hybridized carbons (Fsp3) is 0.222. The lowest BCUT2D eigenvalue weighted by molar-refractivity contribution is 0.112. The first kappa shape index (κ1) is 9.26. The van der Waals surface area contributed by atoms with Gasteiger partial charge in [-0.15, -0.1) is 0 Å². The lowest BCUT2D eigenvalue weighted by Gasteiger charge is -2.07. The summed E-state index contributed by atoms with van der Waals surface area (Å²) in [4.78, 5) is 10.5. The Bertz CT molecular complexity index is 308. The Hall–Kier alpha value is -0.830. The third-order valence-corrected chi connectivity index (χ3v) is 2.77. The van der Waals surface area contributed by atoms with E-state index in [1.807, 2.05) is 6.92 Å². The summed E-state index contributed by atoms with van der Waals surface area (Å²) in [6, 6.07) is 3.51. The average molecular weight is 229 g/mol. The highest BCUT2D eigenvalue weighted by molar-refractivity contribution is 9.10. The van der Waals surface area contributed by atoms with E-state index in [1.165, 1.54) is 0 Å². The van der Waals surface area contributed by atoms with Crippen LogP contribution in [0.4, 0.5) is 0 Å². The summed E-state index contributed by atoms with van der Waals surface area (Å²) in [5.74, 6) is 0.785. The van der Waals surface area contributed by atoms with Gasteiger partial charge in [0, 0.05) is 15.6 Å². The van der Waals surface area contributed by atoms with E-state index in [-0.39, 0.29) is 0 Å². The molecule has 2 nitrogen and oxygen atoms in total. The van der Waals surface area contributed by atoms with Crippen LogP contribution in [-0.4, -0.2) is 13.4 Å². The molecule has 0 radical (unpaired) electrons. The summed E-state index contributed by atoms with van der Waals surface area (Å²) in [5, 5.41) is 0. The van der Waals surface area contributed by atoms with Crippen LogP contribution in [0.3, 0.4) is 0 Å². The average Bonchev–Trinajstić information content (AvgIpc) is 2.10. The minimum absolute atomic E-state index is 0.647. The minimum Gasteiger partial charge on any atom is -0.496 e. The fourth-order valence-electron chi connectivity index (χ4n) is 1.00. The SMILES string of the molecule is COc1ccc(C=O)c(Br)c1C. The number of methoxy groups -OCH3 is 1. The van der Waals surface area contributed by atoms with Crippen LogP contribution in [0.25, 0.3) is 0 Å². The van der Waals surface area contributed by atoms with E-state index in [1.54, 1.807) is 19.2 Å². The predicted molar refractivity (Wildman–Crippen MR) is 50.8 cm³/mol. The number of carbonyl (C=O) groups excluding carboxylic acids is 1. The zero-order chi connectivity index (χ0) is 9.14. The van der Waals surface area contributed by atoms with Crippen LogP contribution >= 0.6 is 15.9 Å². The maximum Gasteiger partial charge on any atom is 0.151 e. The van der Waals surface area contributed by atoms with E-state index >= 15 is 0 Å². The van der Waals surface area contributed by atoms with Crippen molar-refractivity contribution in [1.82, 2.24) is 0 Å². The Balaban J connectivity index is 3.29. The summed E-state index contributed by atoms with van der Waals surface area (Å²) in [6.07, 6.45) is 0.816. The maximum absolute atomic E-state index is 10.5. The van der Waals surface area contributed by atoms with Gasteiger partial charge in [-0.1, -0.05) is 0 Å². The van der Waals surface area contributed by atoms with Crippen LogP contribution in [0.5, 0.6) is 5.75 Å². The number of aldehydes is 1. The molecule has 0 aliphatic rings. The summed E-state index contributed by atoms with van der Waals surface area (Å²) in [6.45, 7) is 1.90. The quantitative estimate of drug-likeness (QED) is 0.728. The minimum atomic E-state index is 0.647. The van der Waals surface area contributed by atoms with Crippen LogP contribution in [-0.2, 0) is 0 Å². The molecule has 3 heteroatoms. The van der Waals surface area contributed by atoms with Crippen LogP contribution in [0, 0.1) is 6.92 Å². The Morgan fingerprint density at radius 2 is 2.17 bits per heavy atom. The number of hydrogen-bond donors (Lipinski definition) is 0. The maximum atomic E-state index is 10.5. The monoisotopic (exact) mass is 228 g/mol. The molecule has 0 heterocycles. The van der Waals surface area contributed by atoms with Gasteiger partial charge < -0.3 is 4.74 Å². The van der Waals surface area contributed by atoms with Gasteiger partial charge in [0.2, 0.25) is 0 Å². The Labute approximate surface area is 79.7 Å². The summed E-state index contributed by atoms with van der Waals surface area (Å²) >= 11 is 3.32. The second-order valence-corrected chi connectivity index (χ2v) is 3.21. The lowest BCUT2D eigenvalue weighted by atomic mass is 10.1. The molecular formula is C9H9BrO2. The molecule has 0 N–H and O–H groups in total. The number of ether oxygens (including phenoxy) is 1. The van der Waals surface area contributed by atoms with Crippen molar-refractivity contribution < 1.29 is 9.53 Å². The molecule has 0 aliphatic heterocycles. The van der Waals surface area contributed by atoms with Gasteiger partial charge in [0.1, 0.15) is 5.75 Å². The van der Waals surface area contributed by atoms with E-state index in [0.717, 1.165) is 22.1 Å². The molecule has 0 spiro atoms. The van der Waals surface area contributed by atoms with Crippen molar-refractivity contribution in [2.75, 3.05) is 7.11 Å². The van der Waals surface area contributed by atoms with E-state index in [4.69, 9.17) is 4.74 Å². The van der Waals surface area contributed by atoms with Crippen molar-refractivity contribution in [2.24, 2.45) is 0 Å². The number of carbonyl (C=O) groups is 1. The molecule has 0 saturated carbocycles. The summed E-state index contributed by atoms with van der Waals surface area (Å²) in [5.41, 5.74) is 1.59. The molecule has 1 aromatic rings. The van der Waals surface area contributed by atoms with E-state index in [0.29, 0.717) is 5.56 Å².